The largest absolute Gasteiger partial charge is 0.492 e. The van der Waals surface area contributed by atoms with E-state index in [9.17, 15) is 4.39 Å². The summed E-state index contributed by atoms with van der Waals surface area (Å²) in [5.74, 6) is -0.0601. The maximum atomic E-state index is 13.5. The molecular weight excluding hydrogens is 357 g/mol. The molecule has 0 aromatic heterocycles. The fourth-order valence-corrected chi connectivity index (χ4v) is 3.09. The number of halogens is 5. The quantitative estimate of drug-likeness (QED) is 0.559. The third kappa shape index (κ3) is 3.57. The molecule has 0 amide bonds. The molecule has 21 heavy (non-hydrogen) atoms. The molecule has 6 heteroatoms. The molecule has 0 aliphatic heterocycles. The van der Waals surface area contributed by atoms with Gasteiger partial charge in [-0.1, -0.05) is 46.9 Å². The first-order valence-corrected chi connectivity index (χ1v) is 7.72. The molecule has 0 aliphatic carbocycles. The van der Waals surface area contributed by atoms with Crippen molar-refractivity contribution in [3.05, 3.63) is 62.3 Å². The van der Waals surface area contributed by atoms with Crippen molar-refractivity contribution in [2.24, 2.45) is 0 Å². The molecule has 2 rings (SSSR count). The molecule has 0 saturated heterocycles. The van der Waals surface area contributed by atoms with Gasteiger partial charge in [-0.3, -0.25) is 0 Å². The zero-order valence-electron chi connectivity index (χ0n) is 11.0. The summed E-state index contributed by atoms with van der Waals surface area (Å²) in [6.07, 6.45) is 0. The van der Waals surface area contributed by atoms with Crippen molar-refractivity contribution in [1.29, 1.82) is 0 Å². The number of ether oxygens (including phenoxy) is 1. The van der Waals surface area contributed by atoms with Crippen LogP contribution in [0.3, 0.4) is 0 Å². The zero-order chi connectivity index (χ0) is 15.6. The van der Waals surface area contributed by atoms with E-state index >= 15 is 0 Å². The molecule has 2 aromatic carbocycles. The van der Waals surface area contributed by atoms with Gasteiger partial charge in [0, 0.05) is 11.1 Å². The minimum Gasteiger partial charge on any atom is -0.492 e. The second-order valence-corrected chi connectivity index (χ2v) is 5.87. The first-order valence-electron chi connectivity index (χ1n) is 6.15. The van der Waals surface area contributed by atoms with Crippen molar-refractivity contribution in [2.45, 2.75) is 12.3 Å². The van der Waals surface area contributed by atoms with Crippen LogP contribution >= 0.6 is 46.4 Å². The minimum atomic E-state index is -0.714. The monoisotopic (exact) mass is 366 g/mol. The summed E-state index contributed by atoms with van der Waals surface area (Å²) >= 11 is 24.7. The lowest BCUT2D eigenvalue weighted by atomic mass is 10.0. The number of benzene rings is 2. The number of hydrogen-bond donors (Lipinski definition) is 0. The van der Waals surface area contributed by atoms with Gasteiger partial charge in [0.05, 0.1) is 22.0 Å². The van der Waals surface area contributed by atoms with Crippen LogP contribution in [0.5, 0.6) is 5.75 Å². The molecule has 1 atom stereocenters. The Morgan fingerprint density at radius 2 is 1.81 bits per heavy atom. The van der Waals surface area contributed by atoms with Crippen LogP contribution in [0.2, 0.25) is 15.1 Å². The molecule has 0 bridgehead atoms. The molecule has 0 heterocycles. The lowest BCUT2D eigenvalue weighted by Gasteiger charge is -2.16. The zero-order valence-corrected chi connectivity index (χ0v) is 14.0. The first kappa shape index (κ1) is 16.7. The Labute approximate surface area is 142 Å². The Kier molecular flexibility index (Phi) is 5.61. The van der Waals surface area contributed by atoms with Crippen LogP contribution in [0.4, 0.5) is 4.39 Å². The van der Waals surface area contributed by atoms with Crippen LogP contribution in [0.25, 0.3) is 0 Å². The molecule has 0 spiro atoms. The summed E-state index contributed by atoms with van der Waals surface area (Å²) in [5.41, 5.74) is 0.972. The molecule has 2 aromatic rings. The Morgan fingerprint density at radius 3 is 2.48 bits per heavy atom. The SMILES string of the molecule is CCOc1cc(Cl)c(C(Cl)c2cccc(F)c2Cl)cc1Cl. The first-order chi connectivity index (χ1) is 9.95. The van der Waals surface area contributed by atoms with Crippen LogP contribution in [-0.4, -0.2) is 6.61 Å². The molecule has 1 nitrogen and oxygen atoms in total. The van der Waals surface area contributed by atoms with Gasteiger partial charge in [0.25, 0.3) is 0 Å². The molecule has 0 saturated carbocycles. The van der Waals surface area contributed by atoms with Gasteiger partial charge in [-0.05, 0) is 30.2 Å². The normalized spacial score (nSPS) is 12.3. The van der Waals surface area contributed by atoms with Gasteiger partial charge in [0.2, 0.25) is 0 Å². The van der Waals surface area contributed by atoms with Crippen LogP contribution in [0.1, 0.15) is 23.4 Å². The average molecular weight is 368 g/mol. The summed E-state index contributed by atoms with van der Waals surface area (Å²) in [6.45, 7) is 2.31. The summed E-state index contributed by atoms with van der Waals surface area (Å²) in [5, 5.41) is 0.0186. The van der Waals surface area contributed by atoms with E-state index in [0.717, 1.165) is 0 Å². The molecule has 1 unspecified atom stereocenters. The Hall–Kier alpha value is -0.670. The molecular formula is C15H11Cl4FO. The van der Waals surface area contributed by atoms with Crippen molar-refractivity contribution >= 4 is 46.4 Å². The van der Waals surface area contributed by atoms with E-state index in [0.29, 0.717) is 33.5 Å². The smallest absolute Gasteiger partial charge is 0.142 e. The van der Waals surface area contributed by atoms with Gasteiger partial charge < -0.3 is 4.74 Å². The second-order valence-electron chi connectivity index (χ2n) is 4.24. The predicted molar refractivity (Wildman–Crippen MR) is 86.7 cm³/mol. The molecule has 0 aliphatic rings. The summed E-state index contributed by atoms with van der Waals surface area (Å²) < 4.78 is 18.9. The van der Waals surface area contributed by atoms with Crippen molar-refractivity contribution in [3.63, 3.8) is 0 Å². The Bertz CT molecular complexity index is 660. The van der Waals surface area contributed by atoms with Crippen LogP contribution < -0.4 is 4.74 Å². The number of alkyl halides is 1. The lowest BCUT2D eigenvalue weighted by Crippen LogP contribution is -1.99. The lowest BCUT2D eigenvalue weighted by molar-refractivity contribution is 0.340. The standard InChI is InChI=1S/C15H11Cl4FO/c1-2-21-13-7-10(16)9(6-11(13)17)14(18)8-4-3-5-12(20)15(8)19/h3-7,14H,2H2,1H3. The average Bonchev–Trinajstić information content (AvgIpc) is 2.45. The summed E-state index contributed by atoms with van der Waals surface area (Å²) in [7, 11) is 0. The topological polar surface area (TPSA) is 9.23 Å². The Morgan fingerprint density at radius 1 is 1.10 bits per heavy atom. The van der Waals surface area contributed by atoms with Gasteiger partial charge in [-0.2, -0.15) is 0 Å². The van der Waals surface area contributed by atoms with Gasteiger partial charge in [-0.25, -0.2) is 4.39 Å². The predicted octanol–water partition coefficient (Wildman–Crippen LogP) is 6.51. The number of hydrogen-bond acceptors (Lipinski definition) is 1. The molecule has 0 N–H and O–H groups in total. The summed E-state index contributed by atoms with van der Waals surface area (Å²) in [6, 6.07) is 7.64. The van der Waals surface area contributed by atoms with Crippen LogP contribution in [-0.2, 0) is 0 Å². The third-order valence-electron chi connectivity index (χ3n) is 2.88. The molecule has 0 radical (unpaired) electrons. The van der Waals surface area contributed by atoms with E-state index in [2.05, 4.69) is 0 Å². The van der Waals surface area contributed by atoms with E-state index in [1.165, 1.54) is 12.1 Å². The van der Waals surface area contributed by atoms with Crippen molar-refractivity contribution in [3.8, 4) is 5.75 Å². The van der Waals surface area contributed by atoms with Gasteiger partial charge >= 0.3 is 0 Å². The van der Waals surface area contributed by atoms with Crippen LogP contribution in [0, 0.1) is 5.82 Å². The van der Waals surface area contributed by atoms with Gasteiger partial charge in [-0.15, -0.1) is 11.6 Å². The number of rotatable bonds is 4. The fraction of sp³-hybridized carbons (Fsp3) is 0.200. The fourth-order valence-electron chi connectivity index (χ4n) is 1.89. The van der Waals surface area contributed by atoms with E-state index in [-0.39, 0.29) is 5.02 Å². The molecule has 112 valence electrons. The second kappa shape index (κ2) is 7.06. The Balaban J connectivity index is 2.46. The highest BCUT2D eigenvalue weighted by Crippen LogP contribution is 2.41. The van der Waals surface area contributed by atoms with Crippen molar-refractivity contribution < 1.29 is 9.13 Å². The maximum Gasteiger partial charge on any atom is 0.142 e. The van der Waals surface area contributed by atoms with E-state index in [4.69, 9.17) is 51.1 Å². The molecule has 0 fully saturated rings. The van der Waals surface area contributed by atoms with Gasteiger partial charge in [0.15, 0.2) is 0 Å². The highest BCUT2D eigenvalue weighted by molar-refractivity contribution is 6.36. The van der Waals surface area contributed by atoms with E-state index in [1.807, 2.05) is 6.92 Å². The highest BCUT2D eigenvalue weighted by atomic mass is 35.5. The van der Waals surface area contributed by atoms with Crippen molar-refractivity contribution in [2.75, 3.05) is 6.61 Å². The summed E-state index contributed by atoms with van der Waals surface area (Å²) in [4.78, 5) is 0. The van der Waals surface area contributed by atoms with Crippen LogP contribution in [0.15, 0.2) is 30.3 Å². The highest BCUT2D eigenvalue weighted by Gasteiger charge is 2.20. The minimum absolute atomic E-state index is 0.0291. The third-order valence-corrected chi connectivity index (χ3v) is 4.37. The van der Waals surface area contributed by atoms with Crippen molar-refractivity contribution in [1.82, 2.24) is 0 Å². The van der Waals surface area contributed by atoms with E-state index < -0.39 is 11.2 Å². The maximum absolute atomic E-state index is 13.5. The van der Waals surface area contributed by atoms with Gasteiger partial charge in [0.1, 0.15) is 11.6 Å². The van der Waals surface area contributed by atoms with E-state index in [1.54, 1.807) is 18.2 Å².